The van der Waals surface area contributed by atoms with Crippen molar-refractivity contribution >= 4 is 11.9 Å². The van der Waals surface area contributed by atoms with Gasteiger partial charge in [0, 0.05) is 37.6 Å². The minimum atomic E-state index is -0.0828. The summed E-state index contributed by atoms with van der Waals surface area (Å²) in [6.45, 7) is 8.94. The average molecular weight is 513 g/mol. The lowest BCUT2D eigenvalue weighted by atomic mass is 9.77. The first-order valence-electron chi connectivity index (χ1n) is 13.9. The van der Waals surface area contributed by atoms with Crippen molar-refractivity contribution in [1.82, 2.24) is 31.9 Å². The van der Waals surface area contributed by atoms with Crippen LogP contribution in [0.5, 0.6) is 0 Å². The Labute approximate surface area is 216 Å². The van der Waals surface area contributed by atoms with E-state index in [0.717, 1.165) is 38.1 Å². The van der Waals surface area contributed by atoms with Crippen LogP contribution in [0.1, 0.15) is 65.2 Å². The number of urea groups is 1. The standard InChI is InChI=1S/C25H48N6O5/c1-19-22(28-25(33)27-19)9-4-3-5-10-23(32)26-11-13-34-15-17-36-18-16-35-14-12-31-24(20(2)29-30-31)21-7-6-8-21/h19-22,24,29-30H,3-18H2,1-2H3,(H,26,32)(H2,27,28,33). The SMILES string of the molecule is CC1NC(=O)NC1CCCCCC(=O)NCCOCCOCCOCCN1NNC(C)C1C1CCC1. The fraction of sp³-hybridized carbons (Fsp3) is 0.920. The Morgan fingerprint density at radius 3 is 2.33 bits per heavy atom. The molecule has 0 radical (unpaired) electrons. The van der Waals surface area contributed by atoms with Gasteiger partial charge in [-0.05, 0) is 45.4 Å². The van der Waals surface area contributed by atoms with Gasteiger partial charge in [0.05, 0.1) is 45.7 Å². The molecule has 3 fully saturated rings. The third kappa shape index (κ3) is 10.1. The van der Waals surface area contributed by atoms with Crippen molar-refractivity contribution in [2.75, 3.05) is 52.7 Å². The molecule has 2 aliphatic heterocycles. The van der Waals surface area contributed by atoms with Crippen molar-refractivity contribution in [1.29, 1.82) is 0 Å². The molecule has 1 aliphatic carbocycles. The lowest BCUT2D eigenvalue weighted by Crippen LogP contribution is -2.47. The summed E-state index contributed by atoms with van der Waals surface area (Å²) in [5.74, 6) is 0.856. The van der Waals surface area contributed by atoms with Crippen molar-refractivity contribution in [3.8, 4) is 0 Å². The smallest absolute Gasteiger partial charge is 0.315 e. The number of ether oxygens (including phenoxy) is 3. The first-order valence-corrected chi connectivity index (χ1v) is 13.9. The van der Waals surface area contributed by atoms with Crippen LogP contribution >= 0.6 is 0 Å². The van der Waals surface area contributed by atoms with Gasteiger partial charge >= 0.3 is 6.03 Å². The third-order valence-corrected chi connectivity index (χ3v) is 7.43. The maximum Gasteiger partial charge on any atom is 0.315 e. The number of rotatable bonds is 19. The molecular formula is C25H48N6O5. The lowest BCUT2D eigenvalue weighted by Gasteiger charge is -2.37. The lowest BCUT2D eigenvalue weighted by molar-refractivity contribution is -0.121. The normalized spacial score (nSPS) is 26.6. The van der Waals surface area contributed by atoms with E-state index in [9.17, 15) is 9.59 Å². The predicted octanol–water partition coefficient (Wildman–Crippen LogP) is 1.05. The first kappa shape index (κ1) is 29.1. The van der Waals surface area contributed by atoms with E-state index in [1.165, 1.54) is 19.3 Å². The zero-order valence-corrected chi connectivity index (χ0v) is 22.2. The van der Waals surface area contributed by atoms with Crippen molar-refractivity contribution in [3.63, 3.8) is 0 Å². The quantitative estimate of drug-likeness (QED) is 0.163. The number of hydrazine groups is 2. The fourth-order valence-corrected chi connectivity index (χ4v) is 5.11. The summed E-state index contributed by atoms with van der Waals surface area (Å²) >= 11 is 0. The summed E-state index contributed by atoms with van der Waals surface area (Å²) in [5, 5.41) is 11.0. The van der Waals surface area contributed by atoms with Gasteiger partial charge < -0.3 is 30.2 Å². The molecule has 3 rings (SSSR count). The van der Waals surface area contributed by atoms with E-state index < -0.39 is 0 Å². The monoisotopic (exact) mass is 512 g/mol. The van der Waals surface area contributed by atoms with Crippen molar-refractivity contribution in [3.05, 3.63) is 0 Å². The van der Waals surface area contributed by atoms with Crippen molar-refractivity contribution in [2.24, 2.45) is 5.92 Å². The van der Waals surface area contributed by atoms with Gasteiger partial charge in [0.15, 0.2) is 0 Å². The highest BCUT2D eigenvalue weighted by Crippen LogP contribution is 2.34. The van der Waals surface area contributed by atoms with Crippen molar-refractivity contribution < 1.29 is 23.8 Å². The largest absolute Gasteiger partial charge is 0.378 e. The van der Waals surface area contributed by atoms with Gasteiger partial charge in [-0.25, -0.2) is 15.2 Å². The van der Waals surface area contributed by atoms with Crippen LogP contribution in [0, 0.1) is 5.92 Å². The molecule has 0 spiro atoms. The number of carbonyl (C=O) groups excluding carboxylic acids is 2. The summed E-state index contributed by atoms with van der Waals surface area (Å²) in [5.41, 5.74) is 6.63. The molecule has 208 valence electrons. The van der Waals surface area contributed by atoms with Gasteiger partial charge in [-0.3, -0.25) is 4.79 Å². The second-order valence-electron chi connectivity index (χ2n) is 10.2. The molecule has 2 heterocycles. The van der Waals surface area contributed by atoms with E-state index in [2.05, 4.69) is 38.8 Å². The molecule has 1 saturated carbocycles. The number of hydrogen-bond acceptors (Lipinski definition) is 8. The Hall–Kier alpha value is -1.50. The Balaban J connectivity index is 1.03. The Kier molecular flexibility index (Phi) is 13.2. The number of hydrogen-bond donors (Lipinski definition) is 5. The zero-order chi connectivity index (χ0) is 25.6. The van der Waals surface area contributed by atoms with Crippen LogP contribution in [0.25, 0.3) is 0 Å². The molecule has 0 bridgehead atoms. The van der Waals surface area contributed by atoms with E-state index in [4.69, 9.17) is 14.2 Å². The fourth-order valence-electron chi connectivity index (χ4n) is 5.11. The third-order valence-electron chi connectivity index (χ3n) is 7.43. The minimum Gasteiger partial charge on any atom is -0.378 e. The molecule has 5 N–H and O–H groups in total. The van der Waals surface area contributed by atoms with E-state index in [0.29, 0.717) is 64.7 Å². The Morgan fingerprint density at radius 1 is 0.944 bits per heavy atom. The van der Waals surface area contributed by atoms with Crippen LogP contribution < -0.4 is 26.9 Å². The summed E-state index contributed by atoms with van der Waals surface area (Å²) in [7, 11) is 0. The van der Waals surface area contributed by atoms with Gasteiger partial charge in [0.1, 0.15) is 0 Å². The minimum absolute atomic E-state index is 0.0598. The molecule has 0 aromatic heterocycles. The average Bonchev–Trinajstić information content (AvgIpc) is 3.33. The van der Waals surface area contributed by atoms with Gasteiger partial charge in [-0.1, -0.05) is 19.3 Å². The van der Waals surface area contributed by atoms with Crippen LogP contribution in [0.2, 0.25) is 0 Å². The number of nitrogens with zero attached hydrogens (tertiary/aromatic N) is 1. The predicted molar refractivity (Wildman–Crippen MR) is 137 cm³/mol. The van der Waals surface area contributed by atoms with Crippen LogP contribution in [0.4, 0.5) is 4.79 Å². The van der Waals surface area contributed by atoms with E-state index in [1.807, 2.05) is 6.92 Å². The second kappa shape index (κ2) is 16.4. The summed E-state index contributed by atoms with van der Waals surface area (Å²) in [4.78, 5) is 23.2. The zero-order valence-electron chi connectivity index (χ0n) is 22.2. The molecule has 3 amide bonds. The van der Waals surface area contributed by atoms with Gasteiger partial charge in [-0.15, -0.1) is 0 Å². The highest BCUT2D eigenvalue weighted by molar-refractivity contribution is 5.77. The highest BCUT2D eigenvalue weighted by Gasteiger charge is 2.39. The van der Waals surface area contributed by atoms with Crippen LogP contribution in [0.3, 0.4) is 0 Å². The molecule has 0 aromatic rings. The molecule has 3 aliphatic rings. The Morgan fingerprint density at radius 2 is 1.67 bits per heavy atom. The molecule has 4 unspecified atom stereocenters. The molecule has 36 heavy (non-hydrogen) atoms. The topological polar surface area (TPSA) is 125 Å². The highest BCUT2D eigenvalue weighted by atomic mass is 16.5. The van der Waals surface area contributed by atoms with Crippen molar-refractivity contribution in [2.45, 2.75) is 89.4 Å². The number of unbranched alkanes of at least 4 members (excludes halogenated alkanes) is 2. The molecule has 11 nitrogen and oxygen atoms in total. The van der Waals surface area contributed by atoms with E-state index >= 15 is 0 Å². The van der Waals surface area contributed by atoms with Crippen LogP contribution in [-0.2, 0) is 19.0 Å². The van der Waals surface area contributed by atoms with Gasteiger partial charge in [0.2, 0.25) is 5.91 Å². The first-order chi connectivity index (χ1) is 17.5. The maximum absolute atomic E-state index is 11.9. The molecule has 11 heteroatoms. The molecular weight excluding hydrogens is 464 g/mol. The summed E-state index contributed by atoms with van der Waals surface area (Å²) < 4.78 is 16.8. The van der Waals surface area contributed by atoms with Gasteiger partial charge in [0.25, 0.3) is 0 Å². The Bertz CT molecular complexity index is 652. The summed E-state index contributed by atoms with van der Waals surface area (Å²) in [6, 6.07) is 1.32. The number of nitrogens with one attached hydrogen (secondary N) is 5. The van der Waals surface area contributed by atoms with Gasteiger partial charge in [-0.2, -0.15) is 5.53 Å². The van der Waals surface area contributed by atoms with E-state index in [1.54, 1.807) is 0 Å². The second-order valence-corrected chi connectivity index (χ2v) is 10.2. The van der Waals surface area contributed by atoms with Crippen LogP contribution in [0.15, 0.2) is 0 Å². The molecule has 0 aromatic carbocycles. The summed E-state index contributed by atoms with van der Waals surface area (Å²) in [6.07, 6.45) is 8.34. The molecule has 4 atom stereocenters. The number of carbonyl (C=O) groups is 2. The van der Waals surface area contributed by atoms with Crippen LogP contribution in [-0.4, -0.2) is 93.8 Å². The van der Waals surface area contributed by atoms with E-state index in [-0.39, 0.29) is 24.0 Å². The number of amides is 3. The maximum atomic E-state index is 11.9. The molecule has 2 saturated heterocycles.